The van der Waals surface area contributed by atoms with E-state index >= 15 is 0 Å². The van der Waals surface area contributed by atoms with Crippen LogP contribution in [0, 0.1) is 5.82 Å². The Hall–Kier alpha value is -1.16. The summed E-state index contributed by atoms with van der Waals surface area (Å²) < 4.78 is 13.2. The highest BCUT2D eigenvalue weighted by atomic mass is 35.5. The van der Waals surface area contributed by atoms with Crippen molar-refractivity contribution in [1.82, 2.24) is 10.3 Å². The summed E-state index contributed by atoms with van der Waals surface area (Å²) in [5.41, 5.74) is 1.74. The predicted octanol–water partition coefficient (Wildman–Crippen LogP) is 4.94. The quantitative estimate of drug-likeness (QED) is 0.865. The van der Waals surface area contributed by atoms with Gasteiger partial charge in [0.25, 0.3) is 0 Å². The molecule has 2 rings (SSSR count). The minimum Gasteiger partial charge on any atom is -0.304 e. The lowest BCUT2D eigenvalue weighted by atomic mass is 10.1. The zero-order valence-corrected chi connectivity index (χ0v) is 12.7. The van der Waals surface area contributed by atoms with Gasteiger partial charge in [0, 0.05) is 28.3 Å². The molecule has 0 radical (unpaired) electrons. The summed E-state index contributed by atoms with van der Waals surface area (Å²) in [6.45, 7) is 3.95. The molecule has 106 valence electrons. The first-order valence-corrected chi connectivity index (χ1v) is 7.04. The molecule has 1 aromatic carbocycles. The standard InChI is InChI=1S/C15H15Cl2FN2/c1-9(11-5-13(18)8-19-7-11)20-10(2)14-4-3-12(16)6-15(14)17/h3-10,20H,1-2H3. The van der Waals surface area contributed by atoms with Gasteiger partial charge in [-0.15, -0.1) is 0 Å². The highest BCUT2D eigenvalue weighted by molar-refractivity contribution is 6.35. The van der Waals surface area contributed by atoms with E-state index in [4.69, 9.17) is 23.2 Å². The van der Waals surface area contributed by atoms with Crippen LogP contribution in [0.25, 0.3) is 0 Å². The number of halogens is 3. The van der Waals surface area contributed by atoms with Gasteiger partial charge in [0.15, 0.2) is 0 Å². The van der Waals surface area contributed by atoms with Crippen LogP contribution >= 0.6 is 23.2 Å². The van der Waals surface area contributed by atoms with E-state index in [0.29, 0.717) is 10.0 Å². The van der Waals surface area contributed by atoms with Crippen molar-refractivity contribution < 1.29 is 4.39 Å². The van der Waals surface area contributed by atoms with Crippen LogP contribution in [-0.2, 0) is 0 Å². The zero-order chi connectivity index (χ0) is 14.7. The van der Waals surface area contributed by atoms with Crippen molar-refractivity contribution in [2.75, 3.05) is 0 Å². The molecule has 0 saturated heterocycles. The number of aromatic nitrogens is 1. The summed E-state index contributed by atoms with van der Waals surface area (Å²) in [7, 11) is 0. The van der Waals surface area contributed by atoms with Crippen LogP contribution in [0.5, 0.6) is 0 Å². The van der Waals surface area contributed by atoms with Gasteiger partial charge in [0.2, 0.25) is 0 Å². The molecule has 0 saturated carbocycles. The van der Waals surface area contributed by atoms with E-state index in [2.05, 4.69) is 10.3 Å². The van der Waals surface area contributed by atoms with Crippen molar-refractivity contribution in [3.63, 3.8) is 0 Å². The Labute approximate surface area is 127 Å². The van der Waals surface area contributed by atoms with Crippen LogP contribution in [0.2, 0.25) is 10.0 Å². The Balaban J connectivity index is 2.12. The van der Waals surface area contributed by atoms with Gasteiger partial charge in [0.1, 0.15) is 5.82 Å². The number of pyridine rings is 1. The average molecular weight is 313 g/mol. The minimum absolute atomic E-state index is 0.0121. The summed E-state index contributed by atoms with van der Waals surface area (Å²) >= 11 is 12.1. The number of hydrogen-bond acceptors (Lipinski definition) is 2. The Bertz CT molecular complexity index is 604. The molecule has 0 fully saturated rings. The lowest BCUT2D eigenvalue weighted by Crippen LogP contribution is -2.23. The molecule has 2 unspecified atom stereocenters. The van der Waals surface area contributed by atoms with Crippen LogP contribution in [0.1, 0.15) is 37.1 Å². The van der Waals surface area contributed by atoms with Gasteiger partial charge in [-0.05, 0) is 43.2 Å². The Kier molecular flexibility index (Phi) is 4.97. The molecule has 1 aromatic heterocycles. The van der Waals surface area contributed by atoms with Crippen LogP contribution in [0.3, 0.4) is 0 Å². The van der Waals surface area contributed by atoms with Crippen LogP contribution in [0.15, 0.2) is 36.7 Å². The maximum atomic E-state index is 13.2. The van der Waals surface area contributed by atoms with Gasteiger partial charge in [-0.2, -0.15) is 0 Å². The molecule has 0 aliphatic heterocycles. The molecular weight excluding hydrogens is 298 g/mol. The molecule has 0 spiro atoms. The maximum Gasteiger partial charge on any atom is 0.141 e. The van der Waals surface area contributed by atoms with E-state index < -0.39 is 0 Å². The van der Waals surface area contributed by atoms with Crippen molar-refractivity contribution in [2.24, 2.45) is 0 Å². The molecule has 0 aliphatic carbocycles. The van der Waals surface area contributed by atoms with Crippen molar-refractivity contribution in [3.05, 3.63) is 63.6 Å². The number of hydrogen-bond donors (Lipinski definition) is 1. The molecule has 2 aromatic rings. The average Bonchev–Trinajstić information content (AvgIpc) is 2.38. The third kappa shape index (κ3) is 3.69. The molecular formula is C15H15Cl2FN2. The summed E-state index contributed by atoms with van der Waals surface area (Å²) in [6.07, 6.45) is 2.84. The third-order valence-electron chi connectivity index (χ3n) is 3.16. The van der Waals surface area contributed by atoms with E-state index in [1.165, 1.54) is 12.3 Å². The van der Waals surface area contributed by atoms with Crippen molar-refractivity contribution in [1.29, 1.82) is 0 Å². The van der Waals surface area contributed by atoms with Gasteiger partial charge in [-0.25, -0.2) is 4.39 Å². The summed E-state index contributed by atoms with van der Waals surface area (Å²) in [6, 6.07) is 6.85. The lowest BCUT2D eigenvalue weighted by molar-refractivity contribution is 0.490. The summed E-state index contributed by atoms with van der Waals surface area (Å²) in [5.74, 6) is -0.340. The Morgan fingerprint density at radius 2 is 1.85 bits per heavy atom. The second-order valence-corrected chi connectivity index (χ2v) is 5.56. The van der Waals surface area contributed by atoms with Crippen molar-refractivity contribution >= 4 is 23.2 Å². The van der Waals surface area contributed by atoms with Crippen LogP contribution < -0.4 is 5.32 Å². The topological polar surface area (TPSA) is 24.9 Å². The normalized spacial score (nSPS) is 14.1. The zero-order valence-electron chi connectivity index (χ0n) is 11.2. The molecule has 2 nitrogen and oxygen atoms in total. The molecule has 1 N–H and O–H groups in total. The Morgan fingerprint density at radius 3 is 2.50 bits per heavy atom. The fourth-order valence-electron chi connectivity index (χ4n) is 2.08. The van der Waals surface area contributed by atoms with Gasteiger partial charge >= 0.3 is 0 Å². The largest absolute Gasteiger partial charge is 0.304 e. The second kappa shape index (κ2) is 6.53. The third-order valence-corrected chi connectivity index (χ3v) is 3.72. The SMILES string of the molecule is CC(NC(C)c1ccc(Cl)cc1Cl)c1cncc(F)c1. The number of nitrogens with zero attached hydrogens (tertiary/aromatic N) is 1. The molecule has 1 heterocycles. The smallest absolute Gasteiger partial charge is 0.141 e. The van der Waals surface area contributed by atoms with E-state index in [0.717, 1.165) is 11.1 Å². The first kappa shape index (κ1) is 15.2. The van der Waals surface area contributed by atoms with Crippen LogP contribution in [0.4, 0.5) is 4.39 Å². The number of rotatable bonds is 4. The number of nitrogens with one attached hydrogen (secondary N) is 1. The first-order chi connectivity index (χ1) is 9.47. The maximum absolute atomic E-state index is 13.2. The second-order valence-electron chi connectivity index (χ2n) is 4.71. The molecule has 20 heavy (non-hydrogen) atoms. The molecule has 0 aliphatic rings. The first-order valence-electron chi connectivity index (χ1n) is 6.29. The van der Waals surface area contributed by atoms with Crippen molar-refractivity contribution in [3.8, 4) is 0 Å². The van der Waals surface area contributed by atoms with E-state index in [-0.39, 0.29) is 17.9 Å². The highest BCUT2D eigenvalue weighted by Crippen LogP contribution is 2.27. The van der Waals surface area contributed by atoms with Gasteiger partial charge in [-0.3, -0.25) is 4.98 Å². The fourth-order valence-corrected chi connectivity index (χ4v) is 2.65. The predicted molar refractivity (Wildman–Crippen MR) is 80.6 cm³/mol. The van der Waals surface area contributed by atoms with Gasteiger partial charge < -0.3 is 5.32 Å². The molecule has 0 bridgehead atoms. The highest BCUT2D eigenvalue weighted by Gasteiger charge is 2.14. The number of benzene rings is 1. The van der Waals surface area contributed by atoms with E-state index in [1.54, 1.807) is 18.3 Å². The Morgan fingerprint density at radius 1 is 1.10 bits per heavy atom. The minimum atomic E-state index is -0.340. The van der Waals surface area contributed by atoms with E-state index in [1.807, 2.05) is 19.9 Å². The lowest BCUT2D eigenvalue weighted by Gasteiger charge is -2.21. The molecule has 0 amide bonds. The van der Waals surface area contributed by atoms with Crippen LogP contribution in [-0.4, -0.2) is 4.98 Å². The van der Waals surface area contributed by atoms with E-state index in [9.17, 15) is 4.39 Å². The molecule has 2 atom stereocenters. The summed E-state index contributed by atoms with van der Waals surface area (Å²) in [4.78, 5) is 3.86. The fraction of sp³-hybridized carbons (Fsp3) is 0.267. The van der Waals surface area contributed by atoms with Gasteiger partial charge in [-0.1, -0.05) is 29.3 Å². The van der Waals surface area contributed by atoms with Gasteiger partial charge in [0.05, 0.1) is 6.20 Å². The summed E-state index contributed by atoms with van der Waals surface area (Å²) in [5, 5.41) is 4.58. The molecule has 5 heteroatoms. The monoisotopic (exact) mass is 312 g/mol. The van der Waals surface area contributed by atoms with Crippen molar-refractivity contribution in [2.45, 2.75) is 25.9 Å².